The molecule has 136 valence electrons. The van der Waals surface area contributed by atoms with Gasteiger partial charge in [-0.1, -0.05) is 35.3 Å². The van der Waals surface area contributed by atoms with Crippen LogP contribution in [0.25, 0.3) is 6.08 Å². The van der Waals surface area contributed by atoms with Crippen LogP contribution < -0.4 is 20.3 Å². The molecule has 2 amide bonds. The number of carbonyl (C=O) groups is 2. The van der Waals surface area contributed by atoms with Crippen LogP contribution in [0.1, 0.15) is 5.56 Å². The number of hydrogen-bond donors (Lipinski definition) is 2. The first-order chi connectivity index (χ1) is 12.5. The van der Waals surface area contributed by atoms with E-state index in [1.54, 1.807) is 49.6 Å². The van der Waals surface area contributed by atoms with Gasteiger partial charge < -0.3 is 9.47 Å². The number of hydrazine groups is 1. The second kappa shape index (κ2) is 9.70. The second-order valence-corrected chi connectivity index (χ2v) is 5.85. The smallest absolute Gasteiger partial charge is 0.276 e. The Morgan fingerprint density at radius 1 is 1.08 bits per heavy atom. The lowest BCUT2D eigenvalue weighted by atomic mass is 10.2. The molecule has 0 aliphatic heterocycles. The average molecular weight is 395 g/mol. The topological polar surface area (TPSA) is 76.7 Å². The summed E-state index contributed by atoms with van der Waals surface area (Å²) in [5.74, 6) is -0.0408. The summed E-state index contributed by atoms with van der Waals surface area (Å²) in [6, 6.07) is 11.8. The molecule has 0 unspecified atom stereocenters. The third kappa shape index (κ3) is 6.31. The van der Waals surface area contributed by atoms with Crippen LogP contribution in [0.15, 0.2) is 48.5 Å². The van der Waals surface area contributed by atoms with Crippen LogP contribution in [0, 0.1) is 0 Å². The van der Waals surface area contributed by atoms with Crippen molar-refractivity contribution in [2.75, 3.05) is 13.7 Å². The van der Waals surface area contributed by atoms with E-state index < -0.39 is 11.8 Å². The summed E-state index contributed by atoms with van der Waals surface area (Å²) in [5.41, 5.74) is 5.29. The quantitative estimate of drug-likeness (QED) is 0.582. The minimum atomic E-state index is -0.549. The van der Waals surface area contributed by atoms with Gasteiger partial charge in [0.25, 0.3) is 11.8 Å². The van der Waals surface area contributed by atoms with Crippen molar-refractivity contribution in [1.82, 2.24) is 10.9 Å². The van der Waals surface area contributed by atoms with E-state index in [2.05, 4.69) is 10.9 Å². The summed E-state index contributed by atoms with van der Waals surface area (Å²) in [7, 11) is 1.57. The maximum absolute atomic E-state index is 11.7. The van der Waals surface area contributed by atoms with Crippen molar-refractivity contribution >= 4 is 41.1 Å². The maximum atomic E-state index is 11.7. The lowest BCUT2D eigenvalue weighted by Crippen LogP contribution is -2.43. The van der Waals surface area contributed by atoms with Gasteiger partial charge in [-0.15, -0.1) is 0 Å². The first-order valence-corrected chi connectivity index (χ1v) is 8.22. The van der Waals surface area contributed by atoms with Crippen LogP contribution >= 0.6 is 23.2 Å². The van der Waals surface area contributed by atoms with Gasteiger partial charge in [-0.2, -0.15) is 0 Å². The standard InChI is InChI=1S/C18H16Cl2N2O4/c1-25-14-6-2-12(3-7-14)4-9-17(23)21-22-18(24)11-26-16-10-13(19)5-8-15(16)20/h2-10H,11H2,1H3,(H,21,23)(H,22,24)/b9-4+. The molecule has 0 heterocycles. The zero-order chi connectivity index (χ0) is 18.9. The van der Waals surface area contributed by atoms with Crippen LogP contribution in [0.5, 0.6) is 11.5 Å². The lowest BCUT2D eigenvalue weighted by molar-refractivity contribution is -0.128. The van der Waals surface area contributed by atoms with Gasteiger partial charge in [0.2, 0.25) is 0 Å². The number of hydrogen-bond acceptors (Lipinski definition) is 4. The number of carbonyl (C=O) groups excluding carboxylic acids is 2. The number of methoxy groups -OCH3 is 1. The normalized spacial score (nSPS) is 10.4. The molecule has 2 N–H and O–H groups in total. The van der Waals surface area contributed by atoms with Crippen molar-refractivity contribution < 1.29 is 19.1 Å². The van der Waals surface area contributed by atoms with Gasteiger partial charge in [-0.05, 0) is 35.9 Å². The third-order valence-corrected chi connectivity index (χ3v) is 3.67. The largest absolute Gasteiger partial charge is 0.497 e. The molecule has 0 radical (unpaired) electrons. The molecule has 8 heteroatoms. The van der Waals surface area contributed by atoms with E-state index in [0.29, 0.717) is 10.0 Å². The molecule has 26 heavy (non-hydrogen) atoms. The van der Waals surface area contributed by atoms with Crippen molar-refractivity contribution in [3.05, 3.63) is 64.1 Å². The van der Waals surface area contributed by atoms with Gasteiger partial charge >= 0.3 is 0 Å². The molecule has 0 atom stereocenters. The molecule has 0 aliphatic carbocycles. The Balaban J connectivity index is 1.76. The monoisotopic (exact) mass is 394 g/mol. The van der Waals surface area contributed by atoms with Gasteiger partial charge in [0.15, 0.2) is 6.61 Å². The molecule has 0 fully saturated rings. The Morgan fingerprint density at radius 3 is 2.50 bits per heavy atom. The summed E-state index contributed by atoms with van der Waals surface area (Å²) in [6.45, 7) is -0.331. The van der Waals surface area contributed by atoms with Crippen molar-refractivity contribution in [3.8, 4) is 11.5 Å². The number of rotatable bonds is 6. The van der Waals surface area contributed by atoms with Crippen LogP contribution in [-0.2, 0) is 9.59 Å². The Kier molecular flexibility index (Phi) is 7.32. The van der Waals surface area contributed by atoms with Gasteiger partial charge in [-0.25, -0.2) is 0 Å². The van der Waals surface area contributed by atoms with Crippen molar-refractivity contribution in [2.24, 2.45) is 0 Å². The predicted molar refractivity (Wildman–Crippen MR) is 100 cm³/mol. The SMILES string of the molecule is COc1ccc(/C=C/C(=O)NNC(=O)COc2cc(Cl)ccc2Cl)cc1. The summed E-state index contributed by atoms with van der Waals surface area (Å²) in [5, 5.41) is 0.760. The molecule has 0 saturated carbocycles. The molecule has 0 bridgehead atoms. The summed E-state index contributed by atoms with van der Waals surface area (Å²) in [4.78, 5) is 23.4. The molecular weight excluding hydrogens is 379 g/mol. The highest BCUT2D eigenvalue weighted by Crippen LogP contribution is 2.27. The minimum absolute atomic E-state index is 0.278. The fourth-order valence-corrected chi connectivity index (χ4v) is 2.16. The van der Waals surface area contributed by atoms with Crippen LogP contribution in [-0.4, -0.2) is 25.5 Å². The Hall–Kier alpha value is -2.70. The molecule has 2 rings (SSSR count). The Morgan fingerprint density at radius 2 is 1.81 bits per heavy atom. The first-order valence-electron chi connectivity index (χ1n) is 7.47. The third-order valence-electron chi connectivity index (χ3n) is 3.12. The molecule has 0 aliphatic rings. The zero-order valence-electron chi connectivity index (χ0n) is 13.8. The zero-order valence-corrected chi connectivity index (χ0v) is 15.3. The maximum Gasteiger partial charge on any atom is 0.276 e. The molecule has 2 aromatic rings. The predicted octanol–water partition coefficient (Wildman–Crippen LogP) is 3.24. The molecule has 2 aromatic carbocycles. The molecule has 0 saturated heterocycles. The fourth-order valence-electron chi connectivity index (χ4n) is 1.83. The van der Waals surface area contributed by atoms with Gasteiger partial charge in [0.1, 0.15) is 11.5 Å². The van der Waals surface area contributed by atoms with Crippen molar-refractivity contribution in [1.29, 1.82) is 0 Å². The summed E-state index contributed by atoms with van der Waals surface area (Å²) < 4.78 is 10.3. The minimum Gasteiger partial charge on any atom is -0.497 e. The lowest BCUT2D eigenvalue weighted by Gasteiger charge is -2.09. The van der Waals surface area contributed by atoms with Gasteiger partial charge in [0, 0.05) is 17.2 Å². The molecule has 0 spiro atoms. The first kappa shape index (κ1) is 19.6. The average Bonchev–Trinajstić information content (AvgIpc) is 2.65. The van der Waals surface area contributed by atoms with Crippen LogP contribution in [0.4, 0.5) is 0 Å². The van der Waals surface area contributed by atoms with Gasteiger partial charge in [0.05, 0.1) is 12.1 Å². The van der Waals surface area contributed by atoms with E-state index in [-0.39, 0.29) is 12.4 Å². The van der Waals surface area contributed by atoms with Crippen LogP contribution in [0.3, 0.4) is 0 Å². The Bertz CT molecular complexity index is 807. The summed E-state index contributed by atoms with van der Waals surface area (Å²) in [6.07, 6.45) is 2.89. The highest BCUT2D eigenvalue weighted by Gasteiger charge is 2.07. The highest BCUT2D eigenvalue weighted by atomic mass is 35.5. The second-order valence-electron chi connectivity index (χ2n) is 5.01. The van der Waals surface area contributed by atoms with Crippen LogP contribution in [0.2, 0.25) is 10.0 Å². The number of nitrogens with one attached hydrogen (secondary N) is 2. The number of amides is 2. The van der Waals surface area contributed by atoms with E-state index in [0.717, 1.165) is 11.3 Å². The Labute approximate surface area is 160 Å². The highest BCUT2D eigenvalue weighted by molar-refractivity contribution is 6.34. The fraction of sp³-hybridized carbons (Fsp3) is 0.111. The molecule has 6 nitrogen and oxygen atoms in total. The van der Waals surface area contributed by atoms with Crippen molar-refractivity contribution in [2.45, 2.75) is 0 Å². The number of benzene rings is 2. The van der Waals surface area contributed by atoms with Crippen molar-refractivity contribution in [3.63, 3.8) is 0 Å². The number of ether oxygens (including phenoxy) is 2. The van der Waals surface area contributed by atoms with E-state index >= 15 is 0 Å². The number of halogens is 2. The van der Waals surface area contributed by atoms with Gasteiger partial charge in [-0.3, -0.25) is 20.4 Å². The van der Waals surface area contributed by atoms with E-state index in [9.17, 15) is 9.59 Å². The summed E-state index contributed by atoms with van der Waals surface area (Å²) >= 11 is 11.7. The van der Waals surface area contributed by atoms with E-state index in [1.807, 2.05) is 0 Å². The molecular formula is C18H16Cl2N2O4. The molecule has 0 aromatic heterocycles. The van der Waals surface area contributed by atoms with E-state index in [4.69, 9.17) is 32.7 Å². The van der Waals surface area contributed by atoms with E-state index in [1.165, 1.54) is 12.1 Å².